The first-order chi connectivity index (χ1) is 10.1. The van der Waals surface area contributed by atoms with Gasteiger partial charge < -0.3 is 15.2 Å². The van der Waals surface area contributed by atoms with E-state index in [0.29, 0.717) is 19.3 Å². The Morgan fingerprint density at radius 3 is 2.67 bits per heavy atom. The summed E-state index contributed by atoms with van der Waals surface area (Å²) in [6.45, 7) is 1.80. The van der Waals surface area contributed by atoms with Crippen molar-refractivity contribution in [2.45, 2.75) is 44.9 Å². The Balaban J connectivity index is 1.76. The third-order valence-electron chi connectivity index (χ3n) is 3.71. The molecule has 1 fully saturated rings. The van der Waals surface area contributed by atoms with Crippen molar-refractivity contribution >= 4 is 11.9 Å². The van der Waals surface area contributed by atoms with Gasteiger partial charge in [0.1, 0.15) is 12.6 Å². The Kier molecular flexibility index (Phi) is 5.33. The molecule has 5 nitrogen and oxygen atoms in total. The number of aliphatic hydroxyl groups excluding tert-OH is 1. The van der Waals surface area contributed by atoms with Gasteiger partial charge in [0.15, 0.2) is 0 Å². The molecule has 0 spiro atoms. The van der Waals surface area contributed by atoms with Crippen molar-refractivity contribution in [2.24, 2.45) is 5.92 Å². The van der Waals surface area contributed by atoms with Crippen molar-refractivity contribution in [2.75, 3.05) is 0 Å². The van der Waals surface area contributed by atoms with Gasteiger partial charge >= 0.3 is 5.97 Å². The summed E-state index contributed by atoms with van der Waals surface area (Å²) in [4.78, 5) is 23.8. The van der Waals surface area contributed by atoms with Crippen LogP contribution in [0, 0.1) is 5.92 Å². The average Bonchev–Trinajstić information content (AvgIpc) is 2.92. The van der Waals surface area contributed by atoms with Crippen LogP contribution < -0.4 is 5.32 Å². The van der Waals surface area contributed by atoms with Gasteiger partial charge in [0.25, 0.3) is 0 Å². The lowest BCUT2D eigenvalue weighted by molar-refractivity contribution is -0.149. The molecular formula is C16H21NO4. The second-order valence-electron chi connectivity index (χ2n) is 5.49. The molecule has 0 aliphatic heterocycles. The molecule has 0 unspecified atom stereocenters. The van der Waals surface area contributed by atoms with Crippen molar-refractivity contribution < 1.29 is 19.4 Å². The third-order valence-corrected chi connectivity index (χ3v) is 3.71. The normalized spacial score (nSPS) is 22.6. The van der Waals surface area contributed by atoms with Crippen molar-refractivity contribution in [1.82, 2.24) is 5.32 Å². The number of ether oxygens (including phenoxy) is 1. The monoisotopic (exact) mass is 291 g/mol. The second kappa shape index (κ2) is 7.22. The lowest BCUT2D eigenvalue weighted by Gasteiger charge is -2.16. The largest absolute Gasteiger partial charge is 0.459 e. The molecule has 1 aliphatic rings. The van der Waals surface area contributed by atoms with Crippen molar-refractivity contribution in [1.29, 1.82) is 0 Å². The van der Waals surface area contributed by atoms with Gasteiger partial charge in [-0.05, 0) is 31.7 Å². The van der Waals surface area contributed by atoms with Crippen LogP contribution in [0.15, 0.2) is 30.3 Å². The van der Waals surface area contributed by atoms with Gasteiger partial charge in [0.05, 0.1) is 6.10 Å². The average molecular weight is 291 g/mol. The second-order valence-corrected chi connectivity index (χ2v) is 5.49. The third kappa shape index (κ3) is 4.56. The summed E-state index contributed by atoms with van der Waals surface area (Å²) < 4.78 is 5.17. The standard InChI is InChI=1S/C16H21NO4/c1-11(17-15(19)13-7-8-14(18)9-13)16(20)21-10-12-5-3-2-4-6-12/h2-6,11,13-14,18H,7-10H2,1H3,(H,17,19)/t11-,13-,14+/m1/s1. The number of hydrogen-bond acceptors (Lipinski definition) is 4. The van der Waals surface area contributed by atoms with Gasteiger partial charge in [-0.2, -0.15) is 0 Å². The van der Waals surface area contributed by atoms with Crippen LogP contribution in [0.25, 0.3) is 0 Å². The first-order valence-electron chi connectivity index (χ1n) is 7.25. The quantitative estimate of drug-likeness (QED) is 0.804. The molecule has 1 aromatic carbocycles. The molecule has 1 aliphatic carbocycles. The smallest absolute Gasteiger partial charge is 0.328 e. The minimum Gasteiger partial charge on any atom is -0.459 e. The fraction of sp³-hybridized carbons (Fsp3) is 0.500. The topological polar surface area (TPSA) is 75.6 Å². The lowest BCUT2D eigenvalue weighted by atomic mass is 10.1. The molecule has 0 saturated heterocycles. The number of hydrogen-bond donors (Lipinski definition) is 2. The van der Waals surface area contributed by atoms with Crippen LogP contribution in [-0.2, 0) is 20.9 Å². The zero-order chi connectivity index (χ0) is 15.2. The number of esters is 1. The van der Waals surface area contributed by atoms with Gasteiger partial charge in [0, 0.05) is 5.92 Å². The molecule has 114 valence electrons. The summed E-state index contributed by atoms with van der Waals surface area (Å²) >= 11 is 0. The van der Waals surface area contributed by atoms with Crippen LogP contribution >= 0.6 is 0 Å². The molecule has 2 N–H and O–H groups in total. The van der Waals surface area contributed by atoms with E-state index >= 15 is 0 Å². The van der Waals surface area contributed by atoms with E-state index in [-0.39, 0.29) is 18.4 Å². The van der Waals surface area contributed by atoms with E-state index in [2.05, 4.69) is 5.32 Å². The zero-order valence-electron chi connectivity index (χ0n) is 12.1. The molecule has 0 radical (unpaired) electrons. The van der Waals surface area contributed by atoms with Crippen LogP contribution in [0.2, 0.25) is 0 Å². The number of carbonyl (C=O) groups is 2. The Morgan fingerprint density at radius 2 is 2.05 bits per heavy atom. The predicted octanol–water partition coefficient (Wildman–Crippen LogP) is 1.40. The molecule has 0 bridgehead atoms. The van der Waals surface area contributed by atoms with Crippen LogP contribution in [0.5, 0.6) is 0 Å². The van der Waals surface area contributed by atoms with Gasteiger partial charge in [0.2, 0.25) is 5.91 Å². The SMILES string of the molecule is C[C@@H](NC(=O)[C@@H]1CC[C@H](O)C1)C(=O)OCc1ccccc1. The summed E-state index contributed by atoms with van der Waals surface area (Å²) in [5.41, 5.74) is 0.906. The Morgan fingerprint density at radius 1 is 1.33 bits per heavy atom. The van der Waals surface area contributed by atoms with Crippen molar-refractivity contribution in [3.8, 4) is 0 Å². The fourth-order valence-electron chi connectivity index (χ4n) is 2.44. The number of benzene rings is 1. The maximum absolute atomic E-state index is 11.9. The van der Waals surface area contributed by atoms with Gasteiger partial charge in [-0.25, -0.2) is 4.79 Å². The first kappa shape index (κ1) is 15.5. The van der Waals surface area contributed by atoms with E-state index in [9.17, 15) is 14.7 Å². The highest BCUT2D eigenvalue weighted by Crippen LogP contribution is 2.25. The summed E-state index contributed by atoms with van der Waals surface area (Å²) in [5.74, 6) is -0.842. The molecule has 1 aromatic rings. The molecule has 5 heteroatoms. The van der Waals surface area contributed by atoms with Gasteiger partial charge in [-0.1, -0.05) is 30.3 Å². The molecule has 0 aromatic heterocycles. The van der Waals surface area contributed by atoms with Gasteiger partial charge in [-0.3, -0.25) is 4.79 Å². The summed E-state index contributed by atoms with van der Waals surface area (Å²) in [7, 11) is 0. The highest BCUT2D eigenvalue weighted by Gasteiger charge is 2.30. The van der Waals surface area contributed by atoms with Gasteiger partial charge in [-0.15, -0.1) is 0 Å². The van der Waals surface area contributed by atoms with Crippen molar-refractivity contribution in [3.63, 3.8) is 0 Å². The summed E-state index contributed by atoms with van der Waals surface area (Å²) in [6.07, 6.45) is 1.38. The number of rotatable bonds is 5. The van der Waals surface area contributed by atoms with E-state index < -0.39 is 18.1 Å². The fourth-order valence-corrected chi connectivity index (χ4v) is 2.44. The van der Waals surface area contributed by atoms with E-state index in [1.807, 2.05) is 30.3 Å². The van der Waals surface area contributed by atoms with Crippen LogP contribution in [0.1, 0.15) is 31.7 Å². The number of nitrogens with one attached hydrogen (secondary N) is 1. The van der Waals surface area contributed by atoms with E-state index in [0.717, 1.165) is 5.56 Å². The molecular weight excluding hydrogens is 270 g/mol. The molecule has 1 saturated carbocycles. The number of carbonyl (C=O) groups excluding carboxylic acids is 2. The molecule has 2 rings (SSSR count). The van der Waals surface area contributed by atoms with Crippen LogP contribution in [0.3, 0.4) is 0 Å². The van der Waals surface area contributed by atoms with E-state index in [4.69, 9.17) is 4.74 Å². The minimum absolute atomic E-state index is 0.185. The van der Waals surface area contributed by atoms with E-state index in [1.54, 1.807) is 6.92 Å². The Hall–Kier alpha value is -1.88. The summed E-state index contributed by atoms with van der Waals surface area (Å²) in [6, 6.07) is 8.70. The predicted molar refractivity (Wildman–Crippen MR) is 77.2 cm³/mol. The Bertz CT molecular complexity index is 488. The van der Waals surface area contributed by atoms with E-state index in [1.165, 1.54) is 0 Å². The first-order valence-corrected chi connectivity index (χ1v) is 7.25. The van der Waals surface area contributed by atoms with Crippen LogP contribution in [-0.4, -0.2) is 29.1 Å². The minimum atomic E-state index is -0.682. The lowest BCUT2D eigenvalue weighted by Crippen LogP contribution is -2.42. The molecule has 3 atom stereocenters. The summed E-state index contributed by atoms with van der Waals surface area (Å²) in [5, 5.41) is 12.1. The molecule has 0 heterocycles. The van der Waals surface area contributed by atoms with Crippen LogP contribution in [0.4, 0.5) is 0 Å². The highest BCUT2D eigenvalue weighted by atomic mass is 16.5. The molecule has 1 amide bonds. The number of amides is 1. The Labute approximate surface area is 124 Å². The maximum Gasteiger partial charge on any atom is 0.328 e. The van der Waals surface area contributed by atoms with Crippen molar-refractivity contribution in [3.05, 3.63) is 35.9 Å². The maximum atomic E-state index is 11.9. The highest BCUT2D eigenvalue weighted by molar-refractivity contribution is 5.85. The zero-order valence-corrected chi connectivity index (χ0v) is 12.1. The number of aliphatic hydroxyl groups is 1. The molecule has 21 heavy (non-hydrogen) atoms.